The van der Waals surface area contributed by atoms with Gasteiger partial charge in [0.25, 0.3) is 5.88 Å². The Kier molecular flexibility index (Phi) is 5.58. The molecule has 1 heterocycles. The molecule has 0 bridgehead atoms. The molecule has 2 aromatic rings. The summed E-state index contributed by atoms with van der Waals surface area (Å²) in [6.07, 6.45) is -0.844. The van der Waals surface area contributed by atoms with Crippen LogP contribution in [0.25, 0.3) is 11.3 Å². The number of carbonyl (C=O) groups is 2. The van der Waals surface area contributed by atoms with Crippen molar-refractivity contribution in [3.05, 3.63) is 28.2 Å². The van der Waals surface area contributed by atoms with Crippen molar-refractivity contribution in [2.24, 2.45) is 0 Å². The second-order valence-electron chi connectivity index (χ2n) is 4.50. The summed E-state index contributed by atoms with van der Waals surface area (Å²) < 4.78 is 15.0. The third-order valence-electron chi connectivity index (χ3n) is 2.75. The fourth-order valence-electron chi connectivity index (χ4n) is 1.84. The number of nitrogens with one attached hydrogen (secondary N) is 1. The minimum atomic E-state index is -0.844. The molecule has 0 radical (unpaired) electrons. The normalized spacial score (nSPS) is 10.3. The number of benzene rings is 1. The highest BCUT2D eigenvalue weighted by atomic mass is 35.5. The average molecular weight is 374 g/mol. The van der Waals surface area contributed by atoms with Crippen molar-refractivity contribution in [3.8, 4) is 22.8 Å². The molecule has 1 aromatic heterocycles. The first-order chi connectivity index (χ1) is 11.3. The van der Waals surface area contributed by atoms with Gasteiger partial charge in [-0.2, -0.15) is 0 Å². The molecule has 0 fully saturated rings. The molecule has 24 heavy (non-hydrogen) atoms. The van der Waals surface area contributed by atoms with Crippen molar-refractivity contribution in [2.45, 2.75) is 13.8 Å². The highest BCUT2D eigenvalue weighted by Crippen LogP contribution is 2.48. The molecule has 0 saturated heterocycles. The van der Waals surface area contributed by atoms with Crippen LogP contribution in [0.15, 0.2) is 22.6 Å². The maximum absolute atomic E-state index is 11.6. The minimum absolute atomic E-state index is 0.119. The molecular formula is C15H13Cl2NO6. The van der Waals surface area contributed by atoms with Crippen LogP contribution < -0.4 is 10.1 Å². The third kappa shape index (κ3) is 3.93. The fraction of sp³-hybridized carbons (Fsp3) is 0.200. The van der Waals surface area contributed by atoms with Crippen molar-refractivity contribution in [2.75, 3.05) is 11.9 Å². The third-order valence-corrected chi connectivity index (χ3v) is 3.32. The van der Waals surface area contributed by atoms with Gasteiger partial charge < -0.3 is 19.0 Å². The quantitative estimate of drug-likeness (QED) is 0.768. The number of anilines is 1. The standard InChI is InChI=1S/C15H13Cl2NO6/c1-3-22-15(21)18-14-13(23-7(2)19)11(20)12(24-14)9-6-8(16)4-5-10(9)17/h4-6,20H,3H2,1-2H3,(H,18,21). The Morgan fingerprint density at radius 1 is 1.33 bits per heavy atom. The van der Waals surface area contributed by atoms with E-state index in [0.717, 1.165) is 6.92 Å². The van der Waals surface area contributed by atoms with Gasteiger partial charge in [-0.15, -0.1) is 0 Å². The summed E-state index contributed by atoms with van der Waals surface area (Å²) in [5.74, 6) is -2.01. The van der Waals surface area contributed by atoms with Gasteiger partial charge in [0.15, 0.2) is 5.76 Å². The van der Waals surface area contributed by atoms with Gasteiger partial charge in [0.1, 0.15) is 0 Å². The van der Waals surface area contributed by atoms with E-state index in [4.69, 9.17) is 37.1 Å². The molecule has 128 valence electrons. The lowest BCUT2D eigenvalue weighted by Gasteiger charge is -2.04. The maximum atomic E-state index is 11.6. The van der Waals surface area contributed by atoms with Crippen LogP contribution in [-0.4, -0.2) is 23.8 Å². The Morgan fingerprint density at radius 2 is 2.04 bits per heavy atom. The van der Waals surface area contributed by atoms with Gasteiger partial charge in [-0.05, 0) is 25.1 Å². The SMILES string of the molecule is CCOC(=O)Nc1oc(-c2cc(Cl)ccc2Cl)c(O)c1OC(C)=O. The van der Waals surface area contributed by atoms with Gasteiger partial charge in [0.2, 0.25) is 11.5 Å². The zero-order valence-corrected chi connectivity index (χ0v) is 14.2. The molecule has 0 atom stereocenters. The van der Waals surface area contributed by atoms with Crippen molar-refractivity contribution >= 4 is 41.1 Å². The Bertz CT molecular complexity index is 787. The van der Waals surface area contributed by atoms with E-state index in [1.54, 1.807) is 13.0 Å². The summed E-state index contributed by atoms with van der Waals surface area (Å²) in [4.78, 5) is 22.8. The number of hydrogen-bond acceptors (Lipinski definition) is 6. The Labute approximate surface area is 147 Å². The van der Waals surface area contributed by atoms with Crippen LogP contribution in [0.2, 0.25) is 10.0 Å². The number of halogens is 2. The van der Waals surface area contributed by atoms with Crippen molar-refractivity contribution < 1.29 is 28.6 Å². The molecule has 2 rings (SSSR count). The van der Waals surface area contributed by atoms with Gasteiger partial charge in [0, 0.05) is 17.5 Å². The van der Waals surface area contributed by atoms with E-state index in [0.29, 0.717) is 5.02 Å². The molecular weight excluding hydrogens is 361 g/mol. The molecule has 0 spiro atoms. The lowest BCUT2D eigenvalue weighted by molar-refractivity contribution is -0.132. The van der Waals surface area contributed by atoms with Crippen LogP contribution in [0.4, 0.5) is 10.7 Å². The molecule has 0 aliphatic rings. The van der Waals surface area contributed by atoms with Crippen LogP contribution in [0, 0.1) is 0 Å². The molecule has 0 unspecified atom stereocenters. The highest BCUT2D eigenvalue weighted by molar-refractivity contribution is 6.35. The second-order valence-corrected chi connectivity index (χ2v) is 5.34. The van der Waals surface area contributed by atoms with Gasteiger partial charge in [-0.1, -0.05) is 23.2 Å². The molecule has 0 aliphatic carbocycles. The first-order valence-corrected chi connectivity index (χ1v) is 7.52. The van der Waals surface area contributed by atoms with E-state index in [-0.39, 0.29) is 34.6 Å². The number of amides is 1. The predicted molar refractivity (Wildman–Crippen MR) is 87.8 cm³/mol. The monoisotopic (exact) mass is 373 g/mol. The predicted octanol–water partition coefficient (Wildman–Crippen LogP) is 4.45. The van der Waals surface area contributed by atoms with Crippen molar-refractivity contribution in [3.63, 3.8) is 0 Å². The zero-order chi connectivity index (χ0) is 17.9. The summed E-state index contributed by atoms with van der Waals surface area (Å²) in [5, 5.41) is 13.1. The molecule has 0 aliphatic heterocycles. The first-order valence-electron chi connectivity index (χ1n) is 6.76. The number of aromatic hydroxyl groups is 1. The molecule has 7 nitrogen and oxygen atoms in total. The number of carbonyl (C=O) groups excluding carboxylic acids is 2. The van der Waals surface area contributed by atoms with Gasteiger partial charge >= 0.3 is 12.1 Å². The zero-order valence-electron chi connectivity index (χ0n) is 12.7. The van der Waals surface area contributed by atoms with Crippen LogP contribution in [-0.2, 0) is 9.53 Å². The number of furan rings is 1. The molecule has 0 saturated carbocycles. The van der Waals surface area contributed by atoms with Crippen LogP contribution in [0.3, 0.4) is 0 Å². The molecule has 2 N–H and O–H groups in total. The number of esters is 1. The molecule has 1 amide bonds. The Hall–Kier alpha value is -2.38. The Morgan fingerprint density at radius 3 is 2.67 bits per heavy atom. The van der Waals surface area contributed by atoms with Gasteiger partial charge in [-0.25, -0.2) is 4.79 Å². The van der Waals surface area contributed by atoms with Gasteiger partial charge in [-0.3, -0.25) is 10.1 Å². The van der Waals surface area contributed by atoms with E-state index in [1.807, 2.05) is 0 Å². The van der Waals surface area contributed by atoms with Crippen LogP contribution in [0.1, 0.15) is 13.8 Å². The van der Waals surface area contributed by atoms with E-state index in [9.17, 15) is 14.7 Å². The number of rotatable bonds is 4. The van der Waals surface area contributed by atoms with E-state index in [1.165, 1.54) is 12.1 Å². The van der Waals surface area contributed by atoms with Crippen LogP contribution in [0.5, 0.6) is 11.5 Å². The van der Waals surface area contributed by atoms with Crippen LogP contribution >= 0.6 is 23.2 Å². The highest BCUT2D eigenvalue weighted by Gasteiger charge is 2.27. The van der Waals surface area contributed by atoms with E-state index >= 15 is 0 Å². The number of hydrogen-bond donors (Lipinski definition) is 2. The second kappa shape index (κ2) is 7.46. The molecule has 9 heteroatoms. The number of ether oxygens (including phenoxy) is 2. The lowest BCUT2D eigenvalue weighted by atomic mass is 10.1. The summed E-state index contributed by atoms with van der Waals surface area (Å²) in [6, 6.07) is 4.51. The molecule has 1 aromatic carbocycles. The summed E-state index contributed by atoms with van der Waals surface area (Å²) in [7, 11) is 0. The maximum Gasteiger partial charge on any atom is 0.414 e. The largest absolute Gasteiger partial charge is 0.502 e. The first kappa shape index (κ1) is 18.0. The van der Waals surface area contributed by atoms with Crippen molar-refractivity contribution in [1.82, 2.24) is 0 Å². The topological polar surface area (TPSA) is 98.0 Å². The Balaban J connectivity index is 2.53. The van der Waals surface area contributed by atoms with Crippen molar-refractivity contribution in [1.29, 1.82) is 0 Å². The van der Waals surface area contributed by atoms with E-state index in [2.05, 4.69) is 5.32 Å². The van der Waals surface area contributed by atoms with E-state index < -0.39 is 17.8 Å². The van der Waals surface area contributed by atoms with Gasteiger partial charge in [0.05, 0.1) is 11.6 Å². The minimum Gasteiger partial charge on any atom is -0.502 e. The smallest absolute Gasteiger partial charge is 0.414 e. The average Bonchev–Trinajstić information content (AvgIpc) is 2.78. The summed E-state index contributed by atoms with van der Waals surface area (Å²) in [6.45, 7) is 2.87. The fourth-order valence-corrected chi connectivity index (χ4v) is 2.22. The summed E-state index contributed by atoms with van der Waals surface area (Å²) in [5.41, 5.74) is 0.256. The lowest BCUT2D eigenvalue weighted by Crippen LogP contribution is -2.14. The summed E-state index contributed by atoms with van der Waals surface area (Å²) >= 11 is 12.0.